The van der Waals surface area contributed by atoms with E-state index in [0.717, 1.165) is 30.6 Å². The summed E-state index contributed by atoms with van der Waals surface area (Å²) in [5, 5.41) is 0. The molecule has 30 heavy (non-hydrogen) atoms. The Morgan fingerprint density at radius 2 is 1.90 bits per heavy atom. The van der Waals surface area contributed by atoms with E-state index in [1.807, 2.05) is 0 Å². The fourth-order valence-corrected chi connectivity index (χ4v) is 7.02. The number of fused-ring (bicyclic) bond motifs is 5. The van der Waals surface area contributed by atoms with Gasteiger partial charge in [-0.05, 0) is 67.1 Å². The molecule has 0 radical (unpaired) electrons. The highest BCUT2D eigenvalue weighted by Gasteiger charge is 2.46. The standard InChI is InChI=1S/C28H39N2/c1-7-26-28(6,8-2)23-12-11-20(21-14-18-9-10-19(21)13-18)15-22(23)24-16-25(27(3,4)5)29-17-30(24)26/h11-12,15-19,21,26H,7-10,13-14H2,1-6H3/q+1. The van der Waals surface area contributed by atoms with Gasteiger partial charge in [-0.15, -0.1) is 0 Å². The third kappa shape index (κ3) is 2.89. The van der Waals surface area contributed by atoms with Crippen LogP contribution in [0.1, 0.15) is 109 Å². The highest BCUT2D eigenvalue weighted by Crippen LogP contribution is 2.54. The van der Waals surface area contributed by atoms with Crippen molar-refractivity contribution in [1.29, 1.82) is 0 Å². The molecular weight excluding hydrogens is 364 g/mol. The zero-order valence-electron chi connectivity index (χ0n) is 19.8. The second-order valence-corrected chi connectivity index (χ2v) is 11.6. The van der Waals surface area contributed by atoms with Crippen molar-refractivity contribution in [2.75, 3.05) is 0 Å². The third-order valence-corrected chi connectivity index (χ3v) is 8.93. The largest absolute Gasteiger partial charge is 0.287 e. The highest BCUT2D eigenvalue weighted by molar-refractivity contribution is 5.66. The van der Waals surface area contributed by atoms with Crippen LogP contribution in [-0.4, -0.2) is 4.98 Å². The first-order valence-corrected chi connectivity index (χ1v) is 12.3. The molecule has 5 unspecified atom stereocenters. The molecule has 1 aromatic carbocycles. The molecular formula is C28H39N2+. The molecule has 2 heterocycles. The molecule has 2 nitrogen and oxygen atoms in total. The quantitative estimate of drug-likeness (QED) is 0.511. The van der Waals surface area contributed by atoms with E-state index in [9.17, 15) is 0 Å². The van der Waals surface area contributed by atoms with Gasteiger partial charge in [0.25, 0.3) is 6.33 Å². The second kappa shape index (κ2) is 6.90. The third-order valence-electron chi connectivity index (χ3n) is 8.93. The van der Waals surface area contributed by atoms with Gasteiger partial charge in [-0.25, -0.2) is 4.57 Å². The summed E-state index contributed by atoms with van der Waals surface area (Å²) in [4.78, 5) is 4.93. The van der Waals surface area contributed by atoms with Gasteiger partial charge in [-0.3, -0.25) is 0 Å². The van der Waals surface area contributed by atoms with Gasteiger partial charge in [0.1, 0.15) is 11.7 Å². The maximum atomic E-state index is 4.93. The van der Waals surface area contributed by atoms with Crippen LogP contribution in [0.4, 0.5) is 0 Å². The van der Waals surface area contributed by atoms with Gasteiger partial charge >= 0.3 is 0 Å². The van der Waals surface area contributed by atoms with E-state index in [4.69, 9.17) is 4.98 Å². The first kappa shape index (κ1) is 20.2. The van der Waals surface area contributed by atoms with Gasteiger partial charge in [0, 0.05) is 22.5 Å². The SMILES string of the molecule is CCC1[n+]2cnc(C(C)(C)C)cc2-c2cc(C3CC4CCC3C4)ccc2C1(C)CC. The van der Waals surface area contributed by atoms with Crippen molar-refractivity contribution in [3.8, 4) is 11.3 Å². The van der Waals surface area contributed by atoms with Crippen molar-refractivity contribution in [2.45, 2.75) is 103 Å². The number of rotatable bonds is 3. The van der Waals surface area contributed by atoms with Gasteiger partial charge < -0.3 is 0 Å². The molecule has 2 heteroatoms. The van der Waals surface area contributed by atoms with Gasteiger partial charge in [0.2, 0.25) is 0 Å². The first-order chi connectivity index (χ1) is 14.3. The number of benzene rings is 1. The van der Waals surface area contributed by atoms with Crippen molar-refractivity contribution >= 4 is 0 Å². The maximum Gasteiger partial charge on any atom is 0.287 e. The average molecular weight is 404 g/mol. The molecule has 1 aliphatic heterocycles. The molecule has 0 amide bonds. The first-order valence-electron chi connectivity index (χ1n) is 12.3. The predicted molar refractivity (Wildman–Crippen MR) is 124 cm³/mol. The topological polar surface area (TPSA) is 16.8 Å². The smallest absolute Gasteiger partial charge is 0.226 e. The Morgan fingerprint density at radius 3 is 2.50 bits per heavy atom. The van der Waals surface area contributed by atoms with Gasteiger partial charge in [0.15, 0.2) is 5.69 Å². The monoisotopic (exact) mass is 403 g/mol. The highest BCUT2D eigenvalue weighted by atomic mass is 15.1. The van der Waals surface area contributed by atoms with E-state index < -0.39 is 0 Å². The summed E-state index contributed by atoms with van der Waals surface area (Å²) in [6.07, 6.45) is 10.2. The molecule has 5 rings (SSSR count). The minimum Gasteiger partial charge on any atom is -0.226 e. The summed E-state index contributed by atoms with van der Waals surface area (Å²) in [5.74, 6) is 2.69. The van der Waals surface area contributed by atoms with Crippen LogP contribution >= 0.6 is 0 Å². The van der Waals surface area contributed by atoms with Crippen molar-refractivity contribution < 1.29 is 4.57 Å². The fraction of sp³-hybridized carbons (Fsp3) is 0.643. The summed E-state index contributed by atoms with van der Waals surface area (Å²) < 4.78 is 2.51. The molecule has 160 valence electrons. The van der Waals surface area contributed by atoms with Crippen LogP contribution in [-0.2, 0) is 10.8 Å². The lowest BCUT2D eigenvalue weighted by Gasteiger charge is -2.41. The van der Waals surface area contributed by atoms with Crippen LogP contribution in [0.3, 0.4) is 0 Å². The number of aromatic nitrogens is 2. The number of nitrogens with zero attached hydrogens (tertiary/aromatic N) is 2. The number of hydrogen-bond donors (Lipinski definition) is 0. The van der Waals surface area contributed by atoms with E-state index >= 15 is 0 Å². The Labute approximate surface area is 183 Å². The second-order valence-electron chi connectivity index (χ2n) is 11.6. The van der Waals surface area contributed by atoms with Crippen LogP contribution in [0, 0.1) is 11.8 Å². The summed E-state index contributed by atoms with van der Waals surface area (Å²) in [6.45, 7) is 14.0. The molecule has 2 saturated carbocycles. The van der Waals surface area contributed by atoms with Gasteiger partial charge in [-0.2, -0.15) is 0 Å². The minimum atomic E-state index is 0.0607. The van der Waals surface area contributed by atoms with Crippen molar-refractivity contribution in [1.82, 2.24) is 4.98 Å². The predicted octanol–water partition coefficient (Wildman–Crippen LogP) is 6.87. The van der Waals surface area contributed by atoms with Crippen LogP contribution in [0.25, 0.3) is 11.3 Å². The van der Waals surface area contributed by atoms with Crippen LogP contribution in [0.2, 0.25) is 0 Å². The molecule has 0 N–H and O–H groups in total. The van der Waals surface area contributed by atoms with Gasteiger partial charge in [-0.1, -0.05) is 65.1 Å². The van der Waals surface area contributed by atoms with E-state index in [1.54, 1.807) is 11.1 Å². The van der Waals surface area contributed by atoms with E-state index in [1.165, 1.54) is 42.6 Å². The summed E-state index contributed by atoms with van der Waals surface area (Å²) in [6, 6.07) is 10.4. The van der Waals surface area contributed by atoms with Crippen molar-refractivity contribution in [3.63, 3.8) is 0 Å². The lowest BCUT2D eigenvalue weighted by Crippen LogP contribution is -2.55. The van der Waals surface area contributed by atoms with E-state index in [0.29, 0.717) is 6.04 Å². The van der Waals surface area contributed by atoms with E-state index in [2.05, 4.69) is 76.7 Å². The lowest BCUT2D eigenvalue weighted by molar-refractivity contribution is -0.727. The molecule has 2 bridgehead atoms. The molecule has 0 spiro atoms. The summed E-state index contributed by atoms with van der Waals surface area (Å²) in [5.41, 5.74) is 7.40. The zero-order chi connectivity index (χ0) is 21.3. The molecule has 2 aliphatic carbocycles. The van der Waals surface area contributed by atoms with Crippen LogP contribution in [0.5, 0.6) is 0 Å². The summed E-state index contributed by atoms with van der Waals surface area (Å²) in [7, 11) is 0. The molecule has 3 aliphatic rings. The van der Waals surface area contributed by atoms with Crippen molar-refractivity contribution in [2.24, 2.45) is 11.8 Å². The Kier molecular flexibility index (Phi) is 4.65. The Hall–Kier alpha value is -1.70. The van der Waals surface area contributed by atoms with Gasteiger partial charge in [0.05, 0.1) is 0 Å². The Balaban J connectivity index is 1.70. The minimum absolute atomic E-state index is 0.0607. The maximum absolute atomic E-state index is 4.93. The Morgan fingerprint density at radius 1 is 1.10 bits per heavy atom. The van der Waals surface area contributed by atoms with E-state index in [-0.39, 0.29) is 10.8 Å². The Bertz CT molecular complexity index is 969. The fourth-order valence-electron chi connectivity index (χ4n) is 7.02. The number of hydrogen-bond acceptors (Lipinski definition) is 1. The molecule has 0 saturated heterocycles. The lowest BCUT2D eigenvalue weighted by atomic mass is 9.67. The normalized spacial score (nSPS) is 32.2. The molecule has 5 atom stereocenters. The molecule has 2 fully saturated rings. The summed E-state index contributed by atoms with van der Waals surface area (Å²) >= 11 is 0. The molecule has 2 aromatic rings. The zero-order valence-corrected chi connectivity index (χ0v) is 19.8. The van der Waals surface area contributed by atoms with Crippen LogP contribution < -0.4 is 4.57 Å². The van der Waals surface area contributed by atoms with Crippen molar-refractivity contribution in [3.05, 3.63) is 47.4 Å². The molecule has 1 aromatic heterocycles. The van der Waals surface area contributed by atoms with Crippen LogP contribution in [0.15, 0.2) is 30.6 Å². The average Bonchev–Trinajstić information content (AvgIpc) is 3.36.